The summed E-state index contributed by atoms with van der Waals surface area (Å²) in [6, 6.07) is -0.205. The lowest BCUT2D eigenvalue weighted by Crippen LogP contribution is -2.59. The van der Waals surface area contributed by atoms with E-state index < -0.39 is 5.54 Å². The molecule has 1 saturated heterocycles. The molecule has 0 aromatic carbocycles. The van der Waals surface area contributed by atoms with Crippen LogP contribution in [0.1, 0.15) is 46.0 Å². The minimum atomic E-state index is -0.657. The number of hydrogen-bond acceptors (Lipinski definition) is 3. The molecule has 3 aliphatic rings. The average Bonchev–Trinajstić information content (AvgIpc) is 3.19. The van der Waals surface area contributed by atoms with Gasteiger partial charge in [-0.15, -0.1) is 0 Å². The van der Waals surface area contributed by atoms with Gasteiger partial charge in [-0.25, -0.2) is 9.69 Å². The molecule has 2 atom stereocenters. The molecule has 5 heteroatoms. The number of hydrogen-bond donors (Lipinski definition) is 1. The van der Waals surface area contributed by atoms with Crippen molar-refractivity contribution in [2.75, 3.05) is 20.3 Å². The zero-order valence-electron chi connectivity index (χ0n) is 13.4. The molecule has 5 nitrogen and oxygen atoms in total. The van der Waals surface area contributed by atoms with Gasteiger partial charge in [-0.05, 0) is 50.5 Å². The Bertz CT molecular complexity index is 437. The number of carbonyl (C=O) groups is 2. The molecule has 118 valence electrons. The molecule has 0 bridgehead atoms. The quantitative estimate of drug-likeness (QED) is 0.807. The van der Waals surface area contributed by atoms with Crippen LogP contribution in [0.4, 0.5) is 4.79 Å². The monoisotopic (exact) mass is 293 g/mol. The lowest BCUT2D eigenvalue weighted by Gasteiger charge is -2.42. The van der Waals surface area contributed by atoms with Crippen molar-refractivity contribution in [3.05, 3.63) is 0 Å². The second-order valence-electron chi connectivity index (χ2n) is 7.39. The van der Waals surface area contributed by atoms with Gasteiger partial charge in [0.05, 0.1) is 6.67 Å². The number of urea groups is 1. The van der Waals surface area contributed by atoms with Crippen LogP contribution in [0.25, 0.3) is 0 Å². The van der Waals surface area contributed by atoms with E-state index in [1.165, 1.54) is 17.7 Å². The zero-order chi connectivity index (χ0) is 15.2. The van der Waals surface area contributed by atoms with Gasteiger partial charge >= 0.3 is 6.03 Å². The predicted molar refractivity (Wildman–Crippen MR) is 80.5 cm³/mol. The number of rotatable bonds is 4. The van der Waals surface area contributed by atoms with Crippen LogP contribution >= 0.6 is 0 Å². The fraction of sp³-hybridized carbons (Fsp3) is 0.875. The van der Waals surface area contributed by atoms with Crippen molar-refractivity contribution in [2.45, 2.75) is 51.5 Å². The molecule has 21 heavy (non-hydrogen) atoms. The molecule has 0 radical (unpaired) electrons. The van der Waals surface area contributed by atoms with Gasteiger partial charge < -0.3 is 5.32 Å². The lowest BCUT2D eigenvalue weighted by atomic mass is 9.67. The number of nitrogens with zero attached hydrogens (tertiary/aromatic N) is 2. The van der Waals surface area contributed by atoms with Gasteiger partial charge in [-0.2, -0.15) is 0 Å². The van der Waals surface area contributed by atoms with E-state index >= 15 is 0 Å². The SMILES string of the molecule is CC1CCCC(C)C12NC(=O)N(CN(C)CC1CC1)C2=O. The summed E-state index contributed by atoms with van der Waals surface area (Å²) in [5, 5.41) is 3.05. The van der Waals surface area contributed by atoms with E-state index in [1.54, 1.807) is 0 Å². The third kappa shape index (κ3) is 2.45. The summed E-state index contributed by atoms with van der Waals surface area (Å²) in [5.41, 5.74) is -0.657. The number of amides is 3. The van der Waals surface area contributed by atoms with Crippen LogP contribution in [-0.4, -0.2) is 47.5 Å². The van der Waals surface area contributed by atoms with Crippen LogP contribution in [0.3, 0.4) is 0 Å². The molecule has 2 unspecified atom stereocenters. The molecule has 1 aliphatic heterocycles. The van der Waals surface area contributed by atoms with Gasteiger partial charge in [0.2, 0.25) is 0 Å². The van der Waals surface area contributed by atoms with E-state index in [2.05, 4.69) is 24.1 Å². The van der Waals surface area contributed by atoms with Gasteiger partial charge in [0.15, 0.2) is 0 Å². The normalized spacial score (nSPS) is 36.7. The van der Waals surface area contributed by atoms with E-state index in [1.807, 2.05) is 7.05 Å². The fourth-order valence-electron chi connectivity index (χ4n) is 4.12. The Morgan fingerprint density at radius 2 is 1.81 bits per heavy atom. The van der Waals surface area contributed by atoms with Crippen LogP contribution in [0.2, 0.25) is 0 Å². The highest BCUT2D eigenvalue weighted by atomic mass is 16.2. The first-order valence-electron chi connectivity index (χ1n) is 8.27. The Morgan fingerprint density at radius 1 is 1.19 bits per heavy atom. The molecular weight excluding hydrogens is 266 g/mol. The van der Waals surface area contributed by atoms with Gasteiger partial charge in [-0.1, -0.05) is 20.3 Å². The topological polar surface area (TPSA) is 52.7 Å². The second kappa shape index (κ2) is 5.27. The lowest BCUT2D eigenvalue weighted by molar-refractivity contribution is -0.137. The minimum absolute atomic E-state index is 0.00477. The maximum absolute atomic E-state index is 13.0. The van der Waals surface area contributed by atoms with Crippen molar-refractivity contribution < 1.29 is 9.59 Å². The zero-order valence-corrected chi connectivity index (χ0v) is 13.4. The first-order chi connectivity index (χ1) is 9.95. The van der Waals surface area contributed by atoms with Gasteiger partial charge in [0.25, 0.3) is 5.91 Å². The van der Waals surface area contributed by atoms with Crippen molar-refractivity contribution >= 4 is 11.9 Å². The standard InChI is InChI=1S/C16H27N3O2/c1-11-5-4-6-12(2)16(11)14(20)19(15(21)17-16)10-18(3)9-13-7-8-13/h11-13H,4-10H2,1-3H3,(H,17,21). The molecule has 3 amide bonds. The number of nitrogens with one attached hydrogen (secondary N) is 1. The highest BCUT2D eigenvalue weighted by molar-refractivity contribution is 6.07. The van der Waals surface area contributed by atoms with E-state index in [4.69, 9.17) is 0 Å². The van der Waals surface area contributed by atoms with Crippen molar-refractivity contribution in [1.29, 1.82) is 0 Å². The smallest absolute Gasteiger partial charge is 0.323 e. The molecule has 2 saturated carbocycles. The molecule has 3 rings (SSSR count). The fourth-order valence-corrected chi connectivity index (χ4v) is 4.12. The van der Waals surface area contributed by atoms with Crippen molar-refractivity contribution in [1.82, 2.24) is 15.1 Å². The molecule has 1 spiro atoms. The Morgan fingerprint density at radius 3 is 2.38 bits per heavy atom. The van der Waals surface area contributed by atoms with E-state index in [0.29, 0.717) is 6.67 Å². The maximum atomic E-state index is 13.0. The predicted octanol–water partition coefficient (Wildman–Crippen LogP) is 2.03. The summed E-state index contributed by atoms with van der Waals surface area (Å²) in [6.07, 6.45) is 5.74. The van der Waals surface area contributed by atoms with Crippen molar-refractivity contribution in [3.63, 3.8) is 0 Å². The minimum Gasteiger partial charge on any atom is -0.323 e. The first-order valence-corrected chi connectivity index (χ1v) is 8.27. The van der Waals surface area contributed by atoms with Crippen LogP contribution < -0.4 is 5.32 Å². The van der Waals surface area contributed by atoms with E-state index in [9.17, 15) is 9.59 Å². The first kappa shape index (κ1) is 14.8. The largest absolute Gasteiger partial charge is 0.326 e. The molecule has 3 fully saturated rings. The Hall–Kier alpha value is -1.10. The highest BCUT2D eigenvalue weighted by Gasteiger charge is 2.58. The van der Waals surface area contributed by atoms with E-state index in [0.717, 1.165) is 31.7 Å². The Balaban J connectivity index is 1.74. The van der Waals surface area contributed by atoms with Crippen molar-refractivity contribution in [2.24, 2.45) is 17.8 Å². The molecule has 0 aromatic heterocycles. The summed E-state index contributed by atoms with van der Waals surface area (Å²) >= 11 is 0. The van der Waals surface area contributed by atoms with Gasteiger partial charge in [0, 0.05) is 6.54 Å². The van der Waals surface area contributed by atoms with Crippen LogP contribution in [0.15, 0.2) is 0 Å². The summed E-state index contributed by atoms with van der Waals surface area (Å²) in [7, 11) is 2.00. The van der Waals surface area contributed by atoms with Crippen LogP contribution in [-0.2, 0) is 4.79 Å². The number of imide groups is 1. The maximum Gasteiger partial charge on any atom is 0.326 e. The van der Waals surface area contributed by atoms with E-state index in [-0.39, 0.29) is 23.8 Å². The highest BCUT2D eigenvalue weighted by Crippen LogP contribution is 2.42. The summed E-state index contributed by atoms with van der Waals surface area (Å²) in [6.45, 7) is 5.61. The van der Waals surface area contributed by atoms with Crippen LogP contribution in [0, 0.1) is 17.8 Å². The molecule has 0 aromatic rings. The molecule has 1 heterocycles. The third-order valence-corrected chi connectivity index (χ3v) is 5.64. The second-order valence-corrected chi connectivity index (χ2v) is 7.39. The molecule has 2 aliphatic carbocycles. The Kier molecular flexibility index (Phi) is 3.72. The molecular formula is C16H27N3O2. The van der Waals surface area contributed by atoms with Gasteiger partial charge in [0.1, 0.15) is 5.54 Å². The van der Waals surface area contributed by atoms with Crippen molar-refractivity contribution in [3.8, 4) is 0 Å². The van der Waals surface area contributed by atoms with Crippen LogP contribution in [0.5, 0.6) is 0 Å². The van der Waals surface area contributed by atoms with Gasteiger partial charge in [-0.3, -0.25) is 9.69 Å². The summed E-state index contributed by atoms with van der Waals surface area (Å²) in [4.78, 5) is 28.9. The summed E-state index contributed by atoms with van der Waals surface area (Å²) in [5.74, 6) is 1.19. The number of carbonyl (C=O) groups excluding carboxylic acids is 2. The Labute approximate surface area is 127 Å². The molecule has 1 N–H and O–H groups in total. The summed E-state index contributed by atoms with van der Waals surface area (Å²) < 4.78 is 0. The third-order valence-electron chi connectivity index (χ3n) is 5.64. The average molecular weight is 293 g/mol.